The van der Waals surface area contributed by atoms with Gasteiger partial charge in [0, 0.05) is 24.7 Å². The molecule has 0 aromatic heterocycles. The lowest BCUT2D eigenvalue weighted by Crippen LogP contribution is -2.11. The lowest BCUT2D eigenvalue weighted by molar-refractivity contribution is 1.01. The number of hydrogen-bond donors (Lipinski definition) is 0. The van der Waals surface area contributed by atoms with Crippen molar-refractivity contribution in [1.82, 2.24) is 0 Å². The van der Waals surface area contributed by atoms with Gasteiger partial charge in [0.15, 0.2) is 0 Å². The molecule has 0 saturated carbocycles. The fourth-order valence-electron chi connectivity index (χ4n) is 1.39. The molecule has 0 saturated heterocycles. The molecule has 0 amide bonds. The number of hydrogen-bond acceptors (Lipinski definition) is 2. The van der Waals surface area contributed by atoms with E-state index in [1.807, 2.05) is 38.1 Å². The first kappa shape index (κ1) is 10.4. The predicted octanol–water partition coefficient (Wildman–Crippen LogP) is 2.87. The highest BCUT2D eigenvalue weighted by atomic mass is 15.1. The van der Waals surface area contributed by atoms with Crippen LogP contribution in [0.25, 0.3) is 10.4 Å². The summed E-state index contributed by atoms with van der Waals surface area (Å²) in [4.78, 5) is 4.78. The number of azide groups is 1. The molecular weight excluding hydrogens is 176 g/mol. The number of anilines is 1. The van der Waals surface area contributed by atoms with E-state index in [1.54, 1.807) is 0 Å². The molecule has 0 bridgehead atoms. The van der Waals surface area contributed by atoms with Crippen molar-refractivity contribution in [1.29, 1.82) is 0 Å². The Morgan fingerprint density at radius 2 is 2.14 bits per heavy atom. The molecule has 0 aliphatic carbocycles. The zero-order chi connectivity index (χ0) is 10.6. The fraction of sp³-hybridized carbons (Fsp3) is 0.400. The summed E-state index contributed by atoms with van der Waals surface area (Å²) < 4.78 is 0. The number of rotatable bonds is 3. The van der Waals surface area contributed by atoms with Crippen molar-refractivity contribution in [3.8, 4) is 0 Å². The van der Waals surface area contributed by atoms with Crippen LogP contribution in [-0.2, 0) is 6.54 Å². The Morgan fingerprint density at radius 1 is 1.43 bits per heavy atom. The van der Waals surface area contributed by atoms with Crippen molar-refractivity contribution in [2.24, 2.45) is 5.11 Å². The quantitative estimate of drug-likeness (QED) is 0.410. The van der Waals surface area contributed by atoms with Gasteiger partial charge >= 0.3 is 0 Å². The second-order valence-corrected chi connectivity index (χ2v) is 3.42. The van der Waals surface area contributed by atoms with Crippen molar-refractivity contribution in [2.75, 3.05) is 19.0 Å². The molecule has 0 unspecified atom stereocenters. The van der Waals surface area contributed by atoms with Gasteiger partial charge in [0.25, 0.3) is 0 Å². The van der Waals surface area contributed by atoms with Crippen LogP contribution < -0.4 is 4.90 Å². The minimum atomic E-state index is 0.408. The third-order valence-corrected chi connectivity index (χ3v) is 2.02. The van der Waals surface area contributed by atoms with Gasteiger partial charge in [-0.25, -0.2) is 0 Å². The van der Waals surface area contributed by atoms with Crippen LogP contribution in [0.5, 0.6) is 0 Å². The van der Waals surface area contributed by atoms with Crippen LogP contribution in [0.3, 0.4) is 0 Å². The van der Waals surface area contributed by atoms with Crippen molar-refractivity contribution in [3.05, 3.63) is 39.8 Å². The van der Waals surface area contributed by atoms with Crippen molar-refractivity contribution < 1.29 is 0 Å². The smallest absolute Gasteiger partial charge is 0.0531 e. The zero-order valence-electron chi connectivity index (χ0n) is 8.73. The highest BCUT2D eigenvalue weighted by Gasteiger charge is 2.03. The molecule has 0 fully saturated rings. The molecule has 0 atom stereocenters. The first-order chi connectivity index (χ1) is 6.65. The number of benzene rings is 1. The average molecular weight is 190 g/mol. The molecule has 1 aromatic rings. The zero-order valence-corrected chi connectivity index (χ0v) is 8.73. The monoisotopic (exact) mass is 190 g/mol. The SMILES string of the molecule is Cc1ccc(N(C)C)c(CN=[N+]=[N-])c1. The molecule has 0 N–H and O–H groups in total. The first-order valence-electron chi connectivity index (χ1n) is 4.43. The van der Waals surface area contributed by atoms with Crippen LogP contribution in [0.15, 0.2) is 23.3 Å². The van der Waals surface area contributed by atoms with Crippen LogP contribution in [-0.4, -0.2) is 14.1 Å². The van der Waals surface area contributed by atoms with Crippen LogP contribution in [0.4, 0.5) is 5.69 Å². The molecule has 1 aromatic carbocycles. The van der Waals surface area contributed by atoms with Crippen molar-refractivity contribution in [2.45, 2.75) is 13.5 Å². The summed E-state index contributed by atoms with van der Waals surface area (Å²) in [5.74, 6) is 0. The first-order valence-corrected chi connectivity index (χ1v) is 4.43. The van der Waals surface area contributed by atoms with Crippen LogP contribution in [0.1, 0.15) is 11.1 Å². The summed E-state index contributed by atoms with van der Waals surface area (Å²) in [6, 6.07) is 6.14. The molecule has 0 aliphatic heterocycles. The Balaban J connectivity index is 3.08. The molecular formula is C10H14N4. The normalized spacial score (nSPS) is 9.36. The minimum absolute atomic E-state index is 0.408. The minimum Gasteiger partial charge on any atom is -0.377 e. The Morgan fingerprint density at radius 3 is 2.71 bits per heavy atom. The van der Waals surface area contributed by atoms with E-state index in [0.29, 0.717) is 6.54 Å². The predicted molar refractivity (Wildman–Crippen MR) is 58.4 cm³/mol. The van der Waals surface area contributed by atoms with Crippen molar-refractivity contribution in [3.63, 3.8) is 0 Å². The molecule has 0 radical (unpaired) electrons. The van der Waals surface area contributed by atoms with Gasteiger partial charge in [-0.15, -0.1) is 0 Å². The molecule has 74 valence electrons. The van der Waals surface area contributed by atoms with Gasteiger partial charge < -0.3 is 4.90 Å². The Kier molecular flexibility index (Phi) is 3.37. The summed E-state index contributed by atoms with van der Waals surface area (Å²) in [5.41, 5.74) is 11.6. The third-order valence-electron chi connectivity index (χ3n) is 2.02. The summed E-state index contributed by atoms with van der Waals surface area (Å²) in [7, 11) is 3.95. The van der Waals surface area contributed by atoms with E-state index in [1.165, 1.54) is 5.56 Å². The van der Waals surface area contributed by atoms with E-state index in [2.05, 4.69) is 16.1 Å². The number of aryl methyl sites for hydroxylation is 1. The maximum Gasteiger partial charge on any atom is 0.0531 e. The maximum atomic E-state index is 8.27. The van der Waals surface area contributed by atoms with E-state index in [-0.39, 0.29) is 0 Å². The van der Waals surface area contributed by atoms with Gasteiger partial charge in [-0.05, 0) is 24.1 Å². The molecule has 4 nitrogen and oxygen atoms in total. The molecule has 4 heteroatoms. The van der Waals surface area contributed by atoms with Gasteiger partial charge in [0.2, 0.25) is 0 Å². The topological polar surface area (TPSA) is 52.0 Å². The van der Waals surface area contributed by atoms with E-state index in [9.17, 15) is 0 Å². The maximum absolute atomic E-state index is 8.27. The van der Waals surface area contributed by atoms with E-state index in [4.69, 9.17) is 5.53 Å². The summed E-state index contributed by atoms with van der Waals surface area (Å²) in [5, 5.41) is 3.58. The Bertz CT molecular complexity index is 364. The molecule has 14 heavy (non-hydrogen) atoms. The largest absolute Gasteiger partial charge is 0.377 e. The highest BCUT2D eigenvalue weighted by Crippen LogP contribution is 2.20. The van der Waals surface area contributed by atoms with Gasteiger partial charge in [0.1, 0.15) is 0 Å². The van der Waals surface area contributed by atoms with Crippen LogP contribution in [0, 0.1) is 6.92 Å². The van der Waals surface area contributed by atoms with E-state index < -0.39 is 0 Å². The second-order valence-electron chi connectivity index (χ2n) is 3.42. The van der Waals surface area contributed by atoms with Crippen LogP contribution >= 0.6 is 0 Å². The van der Waals surface area contributed by atoms with Gasteiger partial charge in [-0.1, -0.05) is 22.8 Å². The molecule has 0 spiro atoms. The summed E-state index contributed by atoms with van der Waals surface area (Å²) in [6.45, 7) is 2.44. The van der Waals surface area contributed by atoms with E-state index in [0.717, 1.165) is 11.3 Å². The van der Waals surface area contributed by atoms with Gasteiger partial charge in [0.05, 0.1) is 6.54 Å². The average Bonchev–Trinajstić information content (AvgIpc) is 2.14. The summed E-state index contributed by atoms with van der Waals surface area (Å²) in [6.07, 6.45) is 0. The third kappa shape index (κ3) is 2.41. The van der Waals surface area contributed by atoms with Gasteiger partial charge in [-0.2, -0.15) is 0 Å². The second kappa shape index (κ2) is 4.53. The molecule has 1 rings (SSSR count). The standard InChI is InChI=1S/C10H14N4/c1-8-4-5-10(14(2)3)9(6-8)7-12-13-11/h4-6H,7H2,1-3H3. The molecule has 0 aliphatic rings. The number of nitrogens with zero attached hydrogens (tertiary/aromatic N) is 4. The van der Waals surface area contributed by atoms with Gasteiger partial charge in [-0.3, -0.25) is 0 Å². The van der Waals surface area contributed by atoms with E-state index >= 15 is 0 Å². The molecule has 0 heterocycles. The highest BCUT2D eigenvalue weighted by molar-refractivity contribution is 5.53. The lowest BCUT2D eigenvalue weighted by atomic mass is 10.1. The lowest BCUT2D eigenvalue weighted by Gasteiger charge is -2.16. The Hall–Kier alpha value is -1.67. The van der Waals surface area contributed by atoms with Crippen LogP contribution in [0.2, 0.25) is 0 Å². The summed E-state index contributed by atoms with van der Waals surface area (Å²) >= 11 is 0. The fourth-order valence-corrected chi connectivity index (χ4v) is 1.39. The van der Waals surface area contributed by atoms with Crippen molar-refractivity contribution >= 4 is 5.69 Å². The Labute approximate surface area is 83.8 Å².